The molecule has 3 aromatic rings. The van der Waals surface area contributed by atoms with E-state index >= 15 is 0 Å². The van der Waals surface area contributed by atoms with Gasteiger partial charge >= 0.3 is 0 Å². The Labute approximate surface area is 307 Å². The Morgan fingerprint density at radius 3 is 1.87 bits per heavy atom. The van der Waals surface area contributed by atoms with E-state index in [1.807, 2.05) is 66.7 Å². The lowest BCUT2D eigenvalue weighted by Gasteiger charge is -2.37. The number of carbonyl (C=O) groups is 5. The van der Waals surface area contributed by atoms with Crippen molar-refractivity contribution in [3.8, 4) is 0 Å². The number of fused-ring (bicyclic) bond motifs is 3. The zero-order valence-electron chi connectivity index (χ0n) is 29.4. The maximum Gasteiger partial charge on any atom is 0.243 e. The van der Waals surface area contributed by atoms with E-state index in [0.717, 1.165) is 27.5 Å². The van der Waals surface area contributed by atoms with Crippen LogP contribution in [0.4, 0.5) is 0 Å². The molecule has 0 unspecified atom stereocenters. The molecular formula is C37H47N11O5. The summed E-state index contributed by atoms with van der Waals surface area (Å²) in [6.45, 7) is 0.0776. The Bertz CT molecular complexity index is 1890. The van der Waals surface area contributed by atoms with Crippen LogP contribution in [-0.2, 0) is 43.4 Å². The minimum atomic E-state index is -1.13. The van der Waals surface area contributed by atoms with Gasteiger partial charge < -0.3 is 49.1 Å². The van der Waals surface area contributed by atoms with Crippen LogP contribution in [0.3, 0.4) is 0 Å². The van der Waals surface area contributed by atoms with Gasteiger partial charge in [0.2, 0.25) is 29.5 Å². The number of amides is 5. The van der Waals surface area contributed by atoms with Crippen LogP contribution < -0.4 is 44.2 Å². The quantitative estimate of drug-likeness (QED) is 0.0725. The molecule has 5 rings (SSSR count). The molecule has 0 spiro atoms. The molecule has 1 saturated heterocycles. The first kappa shape index (κ1) is 38.1. The number of nitrogens with zero attached hydrogens (tertiary/aromatic N) is 3. The monoisotopic (exact) mass is 725 g/mol. The topological polar surface area (TPSA) is 266 Å². The van der Waals surface area contributed by atoms with Crippen molar-refractivity contribution in [2.24, 2.45) is 32.9 Å². The van der Waals surface area contributed by atoms with Crippen molar-refractivity contribution in [2.75, 3.05) is 19.6 Å². The van der Waals surface area contributed by atoms with Crippen LogP contribution in [0.2, 0.25) is 0 Å². The summed E-state index contributed by atoms with van der Waals surface area (Å²) in [5, 5.41) is 13.1. The molecule has 2 aliphatic heterocycles. The molecule has 0 aromatic heterocycles. The first-order chi connectivity index (χ1) is 25.5. The smallest absolute Gasteiger partial charge is 0.243 e. The van der Waals surface area contributed by atoms with Gasteiger partial charge in [0.15, 0.2) is 11.9 Å². The van der Waals surface area contributed by atoms with E-state index < -0.39 is 60.2 Å². The summed E-state index contributed by atoms with van der Waals surface area (Å²) in [5.41, 5.74) is 24.5. The summed E-state index contributed by atoms with van der Waals surface area (Å²) in [4.78, 5) is 79.0. The third-order valence-corrected chi connectivity index (χ3v) is 9.33. The summed E-state index contributed by atoms with van der Waals surface area (Å²) in [6, 6.07) is 16.6. The number of hydrogen-bond acceptors (Lipinski definition) is 7. The van der Waals surface area contributed by atoms with Crippen molar-refractivity contribution in [1.29, 1.82) is 0 Å². The normalized spacial score (nSPS) is 21.1. The number of guanidine groups is 2. The Kier molecular flexibility index (Phi) is 12.8. The lowest BCUT2D eigenvalue weighted by molar-refractivity contribution is -0.143. The van der Waals surface area contributed by atoms with Gasteiger partial charge in [0.1, 0.15) is 24.2 Å². The van der Waals surface area contributed by atoms with Gasteiger partial charge in [-0.2, -0.15) is 0 Å². The number of benzene rings is 3. The van der Waals surface area contributed by atoms with Gasteiger partial charge in [0.05, 0.1) is 6.54 Å². The van der Waals surface area contributed by atoms with Crippen molar-refractivity contribution >= 4 is 52.2 Å². The standard InChI is InChI=1S/C37H47N11O5/c38-36(39)42-15-5-11-27-34(52)47-29(18-22-13-14-23-7-1-2-8-24(23)17-22)32(50)44-20-31(49)48-21-26-10-4-3-9-25(26)19-30(48)35(53)46-28(33(51)45-27)12-6-16-43-37(40)41/h1-4,7-10,13-14,17,27-30H,5-6,11-12,15-16,18-21H2,(H,44,50)(H,45,51)(H,46,53)(H,47,52)(H4,38,39,42)(H4,40,41,43)/t27-,28-,29-,30+/m0/s1. The first-order valence-corrected chi connectivity index (χ1v) is 17.6. The minimum absolute atomic E-state index is 0.0957. The van der Waals surface area contributed by atoms with Crippen molar-refractivity contribution in [3.63, 3.8) is 0 Å². The zero-order chi connectivity index (χ0) is 37.9. The highest BCUT2D eigenvalue weighted by atomic mass is 16.2. The van der Waals surface area contributed by atoms with Gasteiger partial charge in [0, 0.05) is 32.5 Å². The summed E-state index contributed by atoms with van der Waals surface area (Å²) in [6.07, 6.45) is 1.16. The molecule has 16 heteroatoms. The highest BCUT2D eigenvalue weighted by molar-refractivity contribution is 5.97. The Morgan fingerprint density at radius 2 is 1.23 bits per heavy atom. The fraction of sp³-hybridized carbons (Fsp3) is 0.378. The average molecular weight is 726 g/mol. The maximum absolute atomic E-state index is 14.0. The highest BCUT2D eigenvalue weighted by Crippen LogP contribution is 2.24. The molecule has 280 valence electrons. The second-order valence-corrected chi connectivity index (χ2v) is 13.2. The molecule has 1 fully saturated rings. The molecule has 0 bridgehead atoms. The first-order valence-electron chi connectivity index (χ1n) is 17.6. The number of nitrogens with two attached hydrogens (primary N) is 4. The molecular weight excluding hydrogens is 678 g/mol. The summed E-state index contributed by atoms with van der Waals surface area (Å²) < 4.78 is 0. The van der Waals surface area contributed by atoms with E-state index in [0.29, 0.717) is 12.8 Å². The van der Waals surface area contributed by atoms with E-state index in [1.165, 1.54) is 4.90 Å². The van der Waals surface area contributed by atoms with Gasteiger partial charge in [-0.3, -0.25) is 34.0 Å². The van der Waals surface area contributed by atoms with Crippen LogP contribution in [0.5, 0.6) is 0 Å². The molecule has 5 amide bonds. The summed E-state index contributed by atoms with van der Waals surface area (Å²) in [7, 11) is 0. The van der Waals surface area contributed by atoms with Gasteiger partial charge in [-0.05, 0) is 53.1 Å². The van der Waals surface area contributed by atoms with E-state index in [9.17, 15) is 24.0 Å². The van der Waals surface area contributed by atoms with Crippen molar-refractivity contribution in [1.82, 2.24) is 26.2 Å². The van der Waals surface area contributed by atoms with Gasteiger partial charge in [0.25, 0.3) is 0 Å². The molecule has 0 aliphatic carbocycles. The van der Waals surface area contributed by atoms with Gasteiger partial charge in [-0.1, -0.05) is 66.7 Å². The van der Waals surface area contributed by atoms with E-state index in [4.69, 9.17) is 22.9 Å². The largest absolute Gasteiger partial charge is 0.370 e. The number of nitrogens with one attached hydrogen (secondary N) is 4. The SMILES string of the molecule is NC(N)=NCCC[C@@H]1NC(=O)[C@H](CCCN=C(N)N)NC(=O)[C@H]2Cc3ccccc3CN2C(=O)CNC(=O)[C@H](Cc2ccc3ccccc3c2)NC1=O. The van der Waals surface area contributed by atoms with Crippen LogP contribution in [0.25, 0.3) is 10.8 Å². The lowest BCUT2D eigenvalue weighted by atomic mass is 9.93. The second kappa shape index (κ2) is 17.8. The number of aliphatic imine (C=N–C) groups is 2. The molecule has 0 saturated carbocycles. The zero-order valence-corrected chi connectivity index (χ0v) is 29.4. The van der Waals surface area contributed by atoms with E-state index in [2.05, 4.69) is 31.3 Å². The fourth-order valence-electron chi connectivity index (χ4n) is 6.57. The van der Waals surface area contributed by atoms with E-state index in [-0.39, 0.29) is 57.2 Å². The van der Waals surface area contributed by atoms with Crippen LogP contribution in [0.1, 0.15) is 42.4 Å². The number of hydrogen-bond donors (Lipinski definition) is 8. The average Bonchev–Trinajstić information content (AvgIpc) is 3.14. The molecule has 4 atom stereocenters. The predicted octanol–water partition coefficient (Wildman–Crippen LogP) is -0.973. The Morgan fingerprint density at radius 1 is 0.660 bits per heavy atom. The molecule has 12 N–H and O–H groups in total. The third-order valence-electron chi connectivity index (χ3n) is 9.33. The van der Waals surface area contributed by atoms with Crippen molar-refractivity contribution in [3.05, 3.63) is 83.4 Å². The van der Waals surface area contributed by atoms with Crippen LogP contribution >= 0.6 is 0 Å². The highest BCUT2D eigenvalue weighted by Gasteiger charge is 2.38. The van der Waals surface area contributed by atoms with Crippen molar-refractivity contribution in [2.45, 2.75) is 69.2 Å². The number of carbonyl (C=O) groups excluding carboxylic acids is 5. The second-order valence-electron chi connectivity index (χ2n) is 13.2. The fourth-order valence-corrected chi connectivity index (χ4v) is 6.57. The molecule has 16 nitrogen and oxygen atoms in total. The minimum Gasteiger partial charge on any atom is -0.370 e. The molecule has 2 aliphatic rings. The molecule has 53 heavy (non-hydrogen) atoms. The summed E-state index contributed by atoms with van der Waals surface area (Å²) >= 11 is 0. The lowest BCUT2D eigenvalue weighted by Crippen LogP contribution is -2.59. The maximum atomic E-state index is 14.0. The van der Waals surface area contributed by atoms with Gasteiger partial charge in [-0.15, -0.1) is 0 Å². The Hall–Kier alpha value is -6.19. The summed E-state index contributed by atoms with van der Waals surface area (Å²) in [5.74, 6) is -3.16. The third kappa shape index (κ3) is 10.4. The van der Waals surface area contributed by atoms with Crippen LogP contribution in [0, 0.1) is 0 Å². The van der Waals surface area contributed by atoms with E-state index in [1.54, 1.807) is 0 Å². The predicted molar refractivity (Wildman–Crippen MR) is 201 cm³/mol. The number of rotatable bonds is 10. The molecule has 3 aromatic carbocycles. The van der Waals surface area contributed by atoms with Crippen LogP contribution in [0.15, 0.2) is 76.7 Å². The molecule has 2 heterocycles. The van der Waals surface area contributed by atoms with Crippen LogP contribution in [-0.4, -0.2) is 90.2 Å². The van der Waals surface area contributed by atoms with Crippen molar-refractivity contribution < 1.29 is 24.0 Å². The van der Waals surface area contributed by atoms with Gasteiger partial charge in [-0.25, -0.2) is 0 Å². The Balaban J connectivity index is 1.49. The molecule has 0 radical (unpaired) electrons.